The Kier molecular flexibility index (Phi) is 4.27. The summed E-state index contributed by atoms with van der Waals surface area (Å²) in [6.07, 6.45) is 3.18. The van der Waals surface area contributed by atoms with Crippen LogP contribution in [0.2, 0.25) is 0 Å². The van der Waals surface area contributed by atoms with Gasteiger partial charge in [-0.2, -0.15) is 0 Å². The summed E-state index contributed by atoms with van der Waals surface area (Å²) >= 11 is 2.99. The predicted molar refractivity (Wildman–Crippen MR) is 91.0 cm³/mol. The Labute approximate surface area is 137 Å². The van der Waals surface area contributed by atoms with Crippen LogP contribution in [-0.2, 0) is 24.2 Å². The number of hydrogen-bond donors (Lipinski definition) is 0. The van der Waals surface area contributed by atoms with E-state index < -0.39 is 0 Å². The first-order valence-electron chi connectivity index (χ1n) is 7.41. The monoisotopic (exact) mass is 337 g/mol. The van der Waals surface area contributed by atoms with Crippen molar-refractivity contribution in [2.24, 2.45) is 0 Å². The Balaban J connectivity index is 2.04. The molecule has 1 aliphatic rings. The maximum Gasteiger partial charge on any atom is 0.263 e. The summed E-state index contributed by atoms with van der Waals surface area (Å²) in [5.74, 6) is 0.325. The van der Waals surface area contributed by atoms with Gasteiger partial charge in [-0.25, -0.2) is 4.98 Å². The van der Waals surface area contributed by atoms with Crippen molar-refractivity contribution in [2.45, 2.75) is 37.9 Å². The minimum atomic E-state index is 0.0238. The second kappa shape index (κ2) is 6.04. The summed E-state index contributed by atoms with van der Waals surface area (Å²) in [7, 11) is 3.46. The van der Waals surface area contributed by atoms with Crippen LogP contribution in [0.25, 0.3) is 10.2 Å². The number of nitrogens with zero attached hydrogens (tertiary/aromatic N) is 3. The van der Waals surface area contributed by atoms with Gasteiger partial charge in [0.05, 0.1) is 11.1 Å². The van der Waals surface area contributed by atoms with Crippen LogP contribution in [-0.4, -0.2) is 40.2 Å². The van der Waals surface area contributed by atoms with Crippen molar-refractivity contribution >= 4 is 39.2 Å². The van der Waals surface area contributed by atoms with Gasteiger partial charge in [-0.05, 0) is 31.7 Å². The first-order chi connectivity index (χ1) is 10.5. The SMILES string of the molecule is CCn1c(SCC(=O)N(C)C)nc2sc3c(c2c1=O)CCC3. The Morgan fingerprint density at radius 2 is 2.18 bits per heavy atom. The number of hydrogen-bond acceptors (Lipinski definition) is 5. The second-order valence-corrected chi connectivity index (χ2v) is 7.58. The van der Waals surface area contributed by atoms with E-state index in [4.69, 9.17) is 0 Å². The summed E-state index contributed by atoms with van der Waals surface area (Å²) in [4.78, 5) is 32.9. The molecule has 0 atom stereocenters. The van der Waals surface area contributed by atoms with Gasteiger partial charge in [-0.3, -0.25) is 14.2 Å². The molecule has 2 aromatic heterocycles. The van der Waals surface area contributed by atoms with Crippen LogP contribution in [0.5, 0.6) is 0 Å². The molecule has 0 radical (unpaired) electrons. The van der Waals surface area contributed by atoms with Gasteiger partial charge in [0, 0.05) is 25.5 Å². The fraction of sp³-hybridized carbons (Fsp3) is 0.533. The third kappa shape index (κ3) is 2.56. The van der Waals surface area contributed by atoms with Crippen LogP contribution in [0, 0.1) is 0 Å². The van der Waals surface area contributed by atoms with Crippen molar-refractivity contribution in [2.75, 3.05) is 19.8 Å². The molecular weight excluding hydrogens is 318 g/mol. The van der Waals surface area contributed by atoms with Crippen LogP contribution in [0.4, 0.5) is 0 Å². The van der Waals surface area contributed by atoms with E-state index in [0.717, 1.165) is 29.5 Å². The number of thiophene rings is 1. The number of carbonyl (C=O) groups is 1. The molecule has 1 aliphatic carbocycles. The minimum Gasteiger partial charge on any atom is -0.348 e. The lowest BCUT2D eigenvalue weighted by molar-refractivity contribution is -0.125. The normalized spacial score (nSPS) is 13.6. The summed E-state index contributed by atoms with van der Waals surface area (Å²) in [6, 6.07) is 0. The fourth-order valence-electron chi connectivity index (χ4n) is 2.70. The summed E-state index contributed by atoms with van der Waals surface area (Å²) in [5, 5.41) is 1.46. The average Bonchev–Trinajstić information content (AvgIpc) is 3.04. The first-order valence-corrected chi connectivity index (χ1v) is 9.21. The zero-order valence-corrected chi connectivity index (χ0v) is 14.6. The number of aromatic nitrogens is 2. The van der Waals surface area contributed by atoms with Crippen molar-refractivity contribution in [3.05, 3.63) is 20.8 Å². The standard InChI is InChI=1S/C15H19N3O2S2/c1-4-18-14(20)12-9-6-5-7-10(9)22-13(12)16-15(18)21-8-11(19)17(2)3/h4-8H2,1-3H3. The van der Waals surface area contributed by atoms with E-state index in [0.29, 0.717) is 17.5 Å². The number of rotatable bonds is 4. The molecule has 1 amide bonds. The van der Waals surface area contributed by atoms with Gasteiger partial charge >= 0.3 is 0 Å². The molecule has 0 bridgehead atoms. The predicted octanol–water partition coefficient (Wildman–Crippen LogP) is 2.15. The van der Waals surface area contributed by atoms with Crippen molar-refractivity contribution in [3.63, 3.8) is 0 Å². The van der Waals surface area contributed by atoms with Crippen molar-refractivity contribution < 1.29 is 4.79 Å². The average molecular weight is 337 g/mol. The molecule has 22 heavy (non-hydrogen) atoms. The second-order valence-electron chi connectivity index (χ2n) is 5.56. The highest BCUT2D eigenvalue weighted by atomic mass is 32.2. The molecule has 5 nitrogen and oxygen atoms in total. The largest absolute Gasteiger partial charge is 0.348 e. The number of amides is 1. The van der Waals surface area contributed by atoms with Crippen LogP contribution < -0.4 is 5.56 Å². The molecule has 0 aromatic carbocycles. The zero-order valence-electron chi connectivity index (χ0n) is 13.0. The highest BCUT2D eigenvalue weighted by Crippen LogP contribution is 2.35. The molecule has 3 rings (SSSR count). The third-order valence-corrected chi connectivity index (χ3v) is 6.08. The minimum absolute atomic E-state index is 0.0238. The highest BCUT2D eigenvalue weighted by molar-refractivity contribution is 7.99. The Morgan fingerprint density at radius 3 is 2.86 bits per heavy atom. The van der Waals surface area contributed by atoms with Gasteiger partial charge in [0.25, 0.3) is 5.56 Å². The van der Waals surface area contributed by atoms with Gasteiger partial charge in [-0.1, -0.05) is 11.8 Å². The first kappa shape index (κ1) is 15.6. The molecule has 0 aliphatic heterocycles. The van der Waals surface area contributed by atoms with E-state index in [-0.39, 0.29) is 11.5 Å². The van der Waals surface area contributed by atoms with E-state index in [9.17, 15) is 9.59 Å². The summed E-state index contributed by atoms with van der Waals surface area (Å²) < 4.78 is 1.70. The van der Waals surface area contributed by atoms with Gasteiger partial charge in [-0.15, -0.1) is 11.3 Å². The van der Waals surface area contributed by atoms with Gasteiger partial charge < -0.3 is 4.90 Å². The Hall–Kier alpha value is -1.34. The Morgan fingerprint density at radius 1 is 1.41 bits per heavy atom. The van der Waals surface area contributed by atoms with Gasteiger partial charge in [0.2, 0.25) is 5.91 Å². The molecule has 2 heterocycles. The molecular formula is C15H19N3O2S2. The van der Waals surface area contributed by atoms with E-state index in [1.807, 2.05) is 6.92 Å². The lowest BCUT2D eigenvalue weighted by Gasteiger charge is -2.12. The van der Waals surface area contributed by atoms with E-state index in [1.165, 1.54) is 22.2 Å². The molecule has 2 aromatic rings. The number of aryl methyl sites for hydroxylation is 2. The lowest BCUT2D eigenvalue weighted by Crippen LogP contribution is -2.26. The van der Waals surface area contributed by atoms with Gasteiger partial charge in [0.15, 0.2) is 5.16 Å². The highest BCUT2D eigenvalue weighted by Gasteiger charge is 2.23. The van der Waals surface area contributed by atoms with Crippen LogP contribution in [0.3, 0.4) is 0 Å². The molecule has 0 fully saturated rings. The molecule has 7 heteroatoms. The molecule has 0 N–H and O–H groups in total. The summed E-state index contributed by atoms with van der Waals surface area (Å²) in [6.45, 7) is 2.52. The number of carbonyl (C=O) groups excluding carboxylic acids is 1. The Bertz CT molecular complexity index is 792. The molecule has 118 valence electrons. The zero-order chi connectivity index (χ0) is 15.9. The van der Waals surface area contributed by atoms with E-state index in [2.05, 4.69) is 4.98 Å². The molecule has 0 unspecified atom stereocenters. The number of fused-ring (bicyclic) bond motifs is 3. The van der Waals surface area contributed by atoms with Crippen LogP contribution >= 0.6 is 23.1 Å². The van der Waals surface area contributed by atoms with Gasteiger partial charge in [0.1, 0.15) is 4.83 Å². The maximum atomic E-state index is 12.8. The lowest BCUT2D eigenvalue weighted by atomic mass is 10.2. The van der Waals surface area contributed by atoms with Crippen LogP contribution in [0.15, 0.2) is 9.95 Å². The van der Waals surface area contributed by atoms with E-state index in [1.54, 1.807) is 34.9 Å². The van der Waals surface area contributed by atoms with Crippen LogP contribution in [0.1, 0.15) is 23.8 Å². The van der Waals surface area contributed by atoms with Crippen molar-refractivity contribution in [1.29, 1.82) is 0 Å². The van der Waals surface area contributed by atoms with Crippen molar-refractivity contribution in [1.82, 2.24) is 14.5 Å². The quantitative estimate of drug-likeness (QED) is 0.634. The van der Waals surface area contributed by atoms with Crippen molar-refractivity contribution in [3.8, 4) is 0 Å². The topological polar surface area (TPSA) is 55.2 Å². The molecule has 0 saturated carbocycles. The van der Waals surface area contributed by atoms with E-state index >= 15 is 0 Å². The maximum absolute atomic E-state index is 12.8. The smallest absolute Gasteiger partial charge is 0.263 e. The summed E-state index contributed by atoms with van der Waals surface area (Å²) in [5.41, 5.74) is 1.26. The molecule has 0 saturated heterocycles. The fourth-order valence-corrected chi connectivity index (χ4v) is 5.05. The third-order valence-electron chi connectivity index (χ3n) is 3.93. The molecule has 0 spiro atoms. The number of thioether (sulfide) groups is 1.